The minimum atomic E-state index is -0.667. The van der Waals surface area contributed by atoms with Gasteiger partial charge in [0.25, 0.3) is 11.7 Å². The van der Waals surface area contributed by atoms with Gasteiger partial charge in [0.2, 0.25) is 0 Å². The van der Waals surface area contributed by atoms with E-state index in [1.165, 1.54) is 6.20 Å². The molecule has 29 heavy (non-hydrogen) atoms. The molecule has 1 N–H and O–H groups in total. The van der Waals surface area contributed by atoms with Crippen LogP contribution < -0.4 is 5.32 Å². The van der Waals surface area contributed by atoms with Gasteiger partial charge in [-0.2, -0.15) is 5.10 Å². The molecule has 3 aromatic rings. The summed E-state index contributed by atoms with van der Waals surface area (Å²) in [6.45, 7) is 7.22. The number of anilines is 1. The Hall–Kier alpha value is -3.25. The third-order valence-electron chi connectivity index (χ3n) is 4.58. The highest BCUT2D eigenvalue weighted by atomic mass is 16.5. The van der Waals surface area contributed by atoms with Crippen LogP contribution in [0.25, 0.3) is 0 Å². The molecule has 0 atom stereocenters. The molecule has 0 saturated carbocycles. The topological polar surface area (TPSA) is 73.2 Å². The van der Waals surface area contributed by atoms with Gasteiger partial charge in [-0.15, -0.1) is 0 Å². The second-order valence-electron chi connectivity index (χ2n) is 7.09. The fourth-order valence-corrected chi connectivity index (χ4v) is 3.31. The molecule has 0 unspecified atom stereocenters. The van der Waals surface area contributed by atoms with Crippen LogP contribution in [0, 0.1) is 20.8 Å². The molecular weight excluding hydrogens is 366 g/mol. The van der Waals surface area contributed by atoms with E-state index in [9.17, 15) is 9.59 Å². The number of hydrogen-bond acceptors (Lipinski definition) is 4. The molecule has 0 bridgehead atoms. The van der Waals surface area contributed by atoms with Crippen LogP contribution >= 0.6 is 0 Å². The lowest BCUT2D eigenvalue weighted by molar-refractivity contribution is -0.112. The van der Waals surface area contributed by atoms with Crippen molar-refractivity contribution >= 4 is 17.4 Å². The van der Waals surface area contributed by atoms with Crippen LogP contribution in [0.2, 0.25) is 0 Å². The fraction of sp³-hybridized carbons (Fsp3) is 0.261. The number of nitrogens with zero attached hydrogens (tertiary/aromatic N) is 2. The monoisotopic (exact) mass is 391 g/mol. The van der Waals surface area contributed by atoms with Gasteiger partial charge in [0.05, 0.1) is 31.6 Å². The predicted molar refractivity (Wildman–Crippen MR) is 112 cm³/mol. The molecule has 150 valence electrons. The summed E-state index contributed by atoms with van der Waals surface area (Å²) >= 11 is 0. The van der Waals surface area contributed by atoms with E-state index in [-0.39, 0.29) is 0 Å². The van der Waals surface area contributed by atoms with Crippen molar-refractivity contribution in [2.45, 2.75) is 33.9 Å². The molecule has 0 aliphatic rings. The number of ketones is 1. The minimum Gasteiger partial charge on any atom is -0.375 e. The molecule has 0 aliphatic carbocycles. The minimum absolute atomic E-state index is 0.454. The Bertz CT molecular complexity index is 986. The molecular formula is C23H25N3O3. The lowest BCUT2D eigenvalue weighted by Crippen LogP contribution is -2.24. The normalized spacial score (nSPS) is 10.7. The second kappa shape index (κ2) is 9.30. The van der Waals surface area contributed by atoms with Crippen molar-refractivity contribution in [1.82, 2.24) is 9.78 Å². The van der Waals surface area contributed by atoms with Crippen LogP contribution in [0.15, 0.2) is 54.9 Å². The number of aromatic nitrogens is 2. The highest BCUT2D eigenvalue weighted by molar-refractivity contribution is 6.47. The molecule has 6 heteroatoms. The van der Waals surface area contributed by atoms with Gasteiger partial charge in [-0.25, -0.2) is 0 Å². The summed E-state index contributed by atoms with van der Waals surface area (Å²) in [5.41, 5.74) is 4.71. The molecule has 2 aromatic carbocycles. The van der Waals surface area contributed by atoms with E-state index in [0.29, 0.717) is 31.0 Å². The average Bonchev–Trinajstić information content (AvgIpc) is 3.12. The number of carbonyl (C=O) groups excluding carboxylic acids is 2. The third-order valence-corrected chi connectivity index (χ3v) is 4.58. The Morgan fingerprint density at radius 1 is 1.07 bits per heavy atom. The second-order valence-corrected chi connectivity index (χ2v) is 7.09. The first-order valence-electron chi connectivity index (χ1n) is 9.51. The molecule has 1 aromatic heterocycles. The van der Waals surface area contributed by atoms with Gasteiger partial charge in [0.15, 0.2) is 0 Å². The standard InChI is InChI=1S/C23H25N3O3/c1-16-11-17(2)21(18(3)12-16)22(27)23(28)25-20-13-24-26(14-20)9-10-29-15-19-7-5-4-6-8-19/h4-8,11-14H,9-10,15H2,1-3H3,(H,25,28). The maximum absolute atomic E-state index is 12.6. The Morgan fingerprint density at radius 2 is 1.76 bits per heavy atom. The van der Waals surface area contributed by atoms with Crippen LogP contribution in [-0.4, -0.2) is 28.1 Å². The first-order valence-corrected chi connectivity index (χ1v) is 9.51. The van der Waals surface area contributed by atoms with Crippen molar-refractivity contribution in [3.63, 3.8) is 0 Å². The van der Waals surface area contributed by atoms with Gasteiger partial charge in [0, 0.05) is 11.8 Å². The van der Waals surface area contributed by atoms with Crippen molar-refractivity contribution in [1.29, 1.82) is 0 Å². The summed E-state index contributed by atoms with van der Waals surface area (Å²) in [7, 11) is 0. The van der Waals surface area contributed by atoms with Gasteiger partial charge >= 0.3 is 0 Å². The van der Waals surface area contributed by atoms with E-state index in [2.05, 4.69) is 10.4 Å². The maximum Gasteiger partial charge on any atom is 0.296 e. The predicted octanol–water partition coefficient (Wildman–Crippen LogP) is 3.85. The number of amides is 1. The number of Topliss-reactive ketones (excluding diaryl/α,β-unsaturated/α-hetero) is 1. The fourth-order valence-electron chi connectivity index (χ4n) is 3.31. The average molecular weight is 391 g/mol. The number of rotatable bonds is 8. The number of hydrogen-bond donors (Lipinski definition) is 1. The molecule has 1 heterocycles. The van der Waals surface area contributed by atoms with Crippen molar-refractivity contribution in [3.8, 4) is 0 Å². The van der Waals surface area contributed by atoms with E-state index < -0.39 is 11.7 Å². The van der Waals surface area contributed by atoms with E-state index >= 15 is 0 Å². The summed E-state index contributed by atoms with van der Waals surface area (Å²) in [6, 6.07) is 13.7. The zero-order chi connectivity index (χ0) is 20.8. The first-order chi connectivity index (χ1) is 13.9. The summed E-state index contributed by atoms with van der Waals surface area (Å²) < 4.78 is 7.32. The molecule has 1 amide bonds. The molecule has 0 radical (unpaired) electrons. The number of ether oxygens (including phenoxy) is 1. The first kappa shape index (κ1) is 20.5. The van der Waals surface area contributed by atoms with Gasteiger partial charge in [-0.05, 0) is 37.5 Å². The van der Waals surface area contributed by atoms with Gasteiger partial charge in [0.1, 0.15) is 0 Å². The molecule has 6 nitrogen and oxygen atoms in total. The quantitative estimate of drug-likeness (QED) is 0.360. The van der Waals surface area contributed by atoms with Crippen molar-refractivity contribution in [3.05, 3.63) is 82.7 Å². The third kappa shape index (κ3) is 5.39. The van der Waals surface area contributed by atoms with Crippen molar-refractivity contribution in [2.75, 3.05) is 11.9 Å². The number of aryl methyl sites for hydroxylation is 3. The molecule has 0 fully saturated rings. The molecule has 0 saturated heterocycles. The SMILES string of the molecule is Cc1cc(C)c(C(=O)C(=O)Nc2cnn(CCOCc3ccccc3)c2)c(C)c1. The lowest BCUT2D eigenvalue weighted by Gasteiger charge is -2.10. The van der Waals surface area contributed by atoms with Crippen LogP contribution in [0.1, 0.15) is 32.6 Å². The van der Waals surface area contributed by atoms with Gasteiger partial charge < -0.3 is 10.1 Å². The highest BCUT2D eigenvalue weighted by Crippen LogP contribution is 2.18. The van der Waals surface area contributed by atoms with Crippen molar-refractivity contribution < 1.29 is 14.3 Å². The Morgan fingerprint density at radius 3 is 2.45 bits per heavy atom. The largest absolute Gasteiger partial charge is 0.375 e. The zero-order valence-corrected chi connectivity index (χ0v) is 16.9. The van der Waals surface area contributed by atoms with Crippen LogP contribution in [-0.2, 0) is 22.7 Å². The lowest BCUT2D eigenvalue weighted by atomic mass is 9.96. The smallest absolute Gasteiger partial charge is 0.296 e. The van der Waals surface area contributed by atoms with Gasteiger partial charge in [-0.3, -0.25) is 14.3 Å². The number of benzene rings is 2. The summed E-state index contributed by atoms with van der Waals surface area (Å²) in [5.74, 6) is -1.21. The number of carbonyl (C=O) groups is 2. The van der Waals surface area contributed by atoms with Crippen molar-refractivity contribution in [2.24, 2.45) is 0 Å². The van der Waals surface area contributed by atoms with E-state index in [0.717, 1.165) is 22.3 Å². The zero-order valence-electron chi connectivity index (χ0n) is 16.9. The molecule has 0 aliphatic heterocycles. The Balaban J connectivity index is 1.53. The van der Waals surface area contributed by atoms with Crippen LogP contribution in [0.4, 0.5) is 5.69 Å². The molecule has 3 rings (SSSR count). The van der Waals surface area contributed by atoms with Crippen LogP contribution in [0.3, 0.4) is 0 Å². The maximum atomic E-state index is 12.6. The Labute approximate surface area is 170 Å². The van der Waals surface area contributed by atoms with E-state index in [1.54, 1.807) is 10.9 Å². The number of nitrogens with one attached hydrogen (secondary N) is 1. The Kier molecular flexibility index (Phi) is 6.57. The summed E-state index contributed by atoms with van der Waals surface area (Å²) in [5, 5.41) is 6.84. The summed E-state index contributed by atoms with van der Waals surface area (Å²) in [6.07, 6.45) is 3.21. The molecule has 0 spiro atoms. The highest BCUT2D eigenvalue weighted by Gasteiger charge is 2.21. The summed E-state index contributed by atoms with van der Waals surface area (Å²) in [4.78, 5) is 25.0. The van der Waals surface area contributed by atoms with Crippen LogP contribution in [0.5, 0.6) is 0 Å². The van der Waals surface area contributed by atoms with E-state index in [1.807, 2.05) is 63.2 Å². The van der Waals surface area contributed by atoms with E-state index in [4.69, 9.17) is 4.74 Å². The van der Waals surface area contributed by atoms with Gasteiger partial charge in [-0.1, -0.05) is 48.0 Å².